The standard InChI is InChI=1S/C28H47/c1-2-3-10-22-11-9-12-26(18-22)28(13-7-5-4-6-8-14-28)27-19-23-15-24(20-27)17-25(16-23)21-27/h22-25H,2-21H2,1H3. The van der Waals surface area contributed by atoms with Gasteiger partial charge >= 0.3 is 0 Å². The molecule has 1 atom stereocenters. The summed E-state index contributed by atoms with van der Waals surface area (Å²) in [6.07, 6.45) is 31.1. The Kier molecular flexibility index (Phi) is 5.88. The molecule has 0 nitrogen and oxygen atoms in total. The molecular weight excluding hydrogens is 336 g/mol. The highest BCUT2D eigenvalue weighted by molar-refractivity contribution is 5.20. The first-order valence-electron chi connectivity index (χ1n) is 13.6. The van der Waals surface area contributed by atoms with Gasteiger partial charge in [0.05, 0.1) is 0 Å². The molecule has 4 bridgehead atoms. The lowest BCUT2D eigenvalue weighted by Gasteiger charge is -2.67. The normalized spacial score (nSPS) is 43.6. The first-order valence-corrected chi connectivity index (χ1v) is 13.6. The zero-order valence-electron chi connectivity index (χ0n) is 19.0. The molecule has 0 amide bonds. The van der Waals surface area contributed by atoms with Crippen LogP contribution in [-0.2, 0) is 0 Å². The molecule has 1 radical (unpaired) electrons. The molecule has 0 aromatic heterocycles. The van der Waals surface area contributed by atoms with Crippen LogP contribution in [0.2, 0.25) is 0 Å². The molecule has 159 valence electrons. The van der Waals surface area contributed by atoms with Crippen molar-refractivity contribution in [2.45, 2.75) is 135 Å². The summed E-state index contributed by atoms with van der Waals surface area (Å²) in [6, 6.07) is 0. The van der Waals surface area contributed by atoms with Gasteiger partial charge in [0.15, 0.2) is 0 Å². The summed E-state index contributed by atoms with van der Waals surface area (Å²) in [5.41, 5.74) is 1.43. The van der Waals surface area contributed by atoms with Gasteiger partial charge < -0.3 is 0 Å². The largest absolute Gasteiger partial charge is 0.0654 e. The topological polar surface area (TPSA) is 0 Å². The first kappa shape index (κ1) is 19.9. The van der Waals surface area contributed by atoms with E-state index in [0.717, 1.165) is 29.1 Å². The third kappa shape index (κ3) is 3.51. The van der Waals surface area contributed by atoms with Crippen LogP contribution in [0.15, 0.2) is 0 Å². The molecule has 0 heteroatoms. The van der Waals surface area contributed by atoms with Crippen LogP contribution in [0.25, 0.3) is 0 Å². The van der Waals surface area contributed by atoms with E-state index in [1.54, 1.807) is 77.0 Å². The molecule has 0 aliphatic heterocycles. The molecule has 6 saturated carbocycles. The quantitative estimate of drug-likeness (QED) is 0.444. The van der Waals surface area contributed by atoms with E-state index in [1.807, 2.05) is 0 Å². The van der Waals surface area contributed by atoms with Crippen LogP contribution in [0.1, 0.15) is 135 Å². The minimum absolute atomic E-state index is 0.675. The van der Waals surface area contributed by atoms with Crippen molar-refractivity contribution in [3.63, 3.8) is 0 Å². The predicted octanol–water partition coefficient (Wildman–Crippen LogP) is 8.89. The summed E-state index contributed by atoms with van der Waals surface area (Å²) in [5, 5.41) is 0. The first-order chi connectivity index (χ1) is 13.7. The lowest BCUT2D eigenvalue weighted by molar-refractivity contribution is -0.139. The Labute approximate surface area is 176 Å². The lowest BCUT2D eigenvalue weighted by atomic mass is 9.38. The Hall–Kier alpha value is 0. The third-order valence-corrected chi connectivity index (χ3v) is 10.5. The second kappa shape index (κ2) is 8.26. The van der Waals surface area contributed by atoms with E-state index in [0.29, 0.717) is 5.41 Å². The summed E-state index contributed by atoms with van der Waals surface area (Å²) in [6.45, 7) is 2.39. The van der Waals surface area contributed by atoms with E-state index < -0.39 is 0 Å². The van der Waals surface area contributed by atoms with Crippen molar-refractivity contribution >= 4 is 0 Å². The second-order valence-corrected chi connectivity index (χ2v) is 12.3. The average molecular weight is 384 g/mol. The van der Waals surface area contributed by atoms with Gasteiger partial charge in [0, 0.05) is 0 Å². The van der Waals surface area contributed by atoms with E-state index in [1.165, 1.54) is 51.4 Å². The van der Waals surface area contributed by atoms with Gasteiger partial charge in [0.1, 0.15) is 0 Å². The van der Waals surface area contributed by atoms with Gasteiger partial charge in [-0.15, -0.1) is 0 Å². The van der Waals surface area contributed by atoms with Crippen molar-refractivity contribution in [2.24, 2.45) is 34.5 Å². The zero-order valence-corrected chi connectivity index (χ0v) is 19.0. The molecule has 6 rings (SSSR count). The van der Waals surface area contributed by atoms with Crippen molar-refractivity contribution in [1.82, 2.24) is 0 Å². The van der Waals surface area contributed by atoms with E-state index in [2.05, 4.69) is 12.8 Å². The van der Waals surface area contributed by atoms with Crippen LogP contribution in [0.4, 0.5) is 0 Å². The number of hydrogen-bond acceptors (Lipinski definition) is 0. The maximum Gasteiger partial charge on any atom is -0.0171 e. The second-order valence-electron chi connectivity index (χ2n) is 12.3. The maximum absolute atomic E-state index is 2.39. The molecule has 1 unspecified atom stereocenters. The van der Waals surface area contributed by atoms with Crippen molar-refractivity contribution in [3.8, 4) is 0 Å². The minimum Gasteiger partial charge on any atom is -0.0654 e. The van der Waals surface area contributed by atoms with E-state index >= 15 is 0 Å². The Bertz CT molecular complexity index is 473. The number of hydrogen-bond donors (Lipinski definition) is 0. The molecular formula is C28H47. The van der Waals surface area contributed by atoms with Gasteiger partial charge in [-0.05, 0) is 105 Å². The Morgan fingerprint density at radius 3 is 2.00 bits per heavy atom. The van der Waals surface area contributed by atoms with Crippen LogP contribution in [-0.4, -0.2) is 0 Å². The minimum atomic E-state index is 0.675. The third-order valence-electron chi connectivity index (χ3n) is 10.5. The van der Waals surface area contributed by atoms with Crippen molar-refractivity contribution in [1.29, 1.82) is 0 Å². The number of rotatable bonds is 5. The van der Waals surface area contributed by atoms with Crippen LogP contribution >= 0.6 is 0 Å². The Morgan fingerprint density at radius 1 is 0.786 bits per heavy atom. The molecule has 0 aromatic carbocycles. The van der Waals surface area contributed by atoms with Gasteiger partial charge in [-0.1, -0.05) is 71.1 Å². The van der Waals surface area contributed by atoms with E-state index in [9.17, 15) is 0 Å². The summed E-state index contributed by atoms with van der Waals surface area (Å²) in [7, 11) is 0. The summed E-state index contributed by atoms with van der Waals surface area (Å²) in [4.78, 5) is 0. The summed E-state index contributed by atoms with van der Waals surface area (Å²) in [5.74, 6) is 6.54. The molecule has 6 aliphatic carbocycles. The van der Waals surface area contributed by atoms with Gasteiger partial charge in [-0.3, -0.25) is 0 Å². The maximum atomic E-state index is 2.39. The Morgan fingerprint density at radius 2 is 1.39 bits per heavy atom. The van der Waals surface area contributed by atoms with Crippen molar-refractivity contribution in [3.05, 3.63) is 5.92 Å². The molecule has 28 heavy (non-hydrogen) atoms. The monoisotopic (exact) mass is 383 g/mol. The SMILES string of the molecule is CCCCC1CCC[C](C2(C34CC5CC(CC(C5)C3)C4)CCCCCCC2)C1. The summed E-state index contributed by atoms with van der Waals surface area (Å²) >= 11 is 0. The fraction of sp³-hybridized carbons (Fsp3) is 0.964. The Balaban J connectivity index is 1.45. The molecule has 0 spiro atoms. The van der Waals surface area contributed by atoms with Crippen molar-refractivity contribution < 1.29 is 0 Å². The zero-order chi connectivity index (χ0) is 19.0. The summed E-state index contributed by atoms with van der Waals surface area (Å²) < 4.78 is 0. The number of unbranched alkanes of at least 4 members (excludes halogenated alkanes) is 1. The van der Waals surface area contributed by atoms with Gasteiger partial charge in [0.25, 0.3) is 0 Å². The molecule has 0 aromatic rings. The van der Waals surface area contributed by atoms with Gasteiger partial charge in [0.2, 0.25) is 0 Å². The molecule has 0 N–H and O–H groups in total. The van der Waals surface area contributed by atoms with Crippen molar-refractivity contribution in [2.75, 3.05) is 0 Å². The predicted molar refractivity (Wildman–Crippen MR) is 120 cm³/mol. The lowest BCUT2D eigenvalue weighted by Crippen LogP contribution is -2.57. The fourth-order valence-corrected chi connectivity index (χ4v) is 9.80. The average Bonchev–Trinajstić information content (AvgIpc) is 2.65. The highest BCUT2D eigenvalue weighted by Gasteiger charge is 2.62. The van der Waals surface area contributed by atoms with E-state index in [-0.39, 0.29) is 0 Å². The van der Waals surface area contributed by atoms with Gasteiger partial charge in [-0.25, -0.2) is 0 Å². The fourth-order valence-electron chi connectivity index (χ4n) is 9.80. The van der Waals surface area contributed by atoms with Crippen LogP contribution in [0, 0.1) is 40.4 Å². The van der Waals surface area contributed by atoms with Gasteiger partial charge in [-0.2, -0.15) is 0 Å². The van der Waals surface area contributed by atoms with Crippen LogP contribution in [0.5, 0.6) is 0 Å². The van der Waals surface area contributed by atoms with E-state index in [4.69, 9.17) is 0 Å². The molecule has 6 aliphatic rings. The molecule has 0 heterocycles. The smallest absolute Gasteiger partial charge is 0.0171 e. The highest BCUT2D eigenvalue weighted by Crippen LogP contribution is 2.72. The highest BCUT2D eigenvalue weighted by atomic mass is 14.7. The van der Waals surface area contributed by atoms with Crippen LogP contribution < -0.4 is 0 Å². The molecule has 0 saturated heterocycles. The van der Waals surface area contributed by atoms with Crippen LogP contribution in [0.3, 0.4) is 0 Å². The molecule has 6 fully saturated rings.